The molecule has 0 atom stereocenters. The van der Waals surface area contributed by atoms with Crippen LogP contribution in [-0.2, 0) is 0 Å². The quantitative estimate of drug-likeness (QED) is 0.705. The van der Waals surface area contributed by atoms with E-state index in [4.69, 9.17) is 18.9 Å². The Morgan fingerprint density at radius 1 is 0.692 bits per heavy atom. The minimum Gasteiger partial charge on any atom is -0.497 e. The van der Waals surface area contributed by atoms with Crippen LogP contribution in [0.25, 0.3) is 11.1 Å². The maximum Gasteiger partial charge on any atom is 0.203 e. The zero-order valence-corrected chi connectivity index (χ0v) is 15.4. The number of hydrogen-bond acceptors (Lipinski definition) is 6. The van der Waals surface area contributed by atoms with Gasteiger partial charge in [-0.25, -0.2) is 0 Å². The second-order valence-corrected chi connectivity index (χ2v) is 5.42. The molecule has 0 radical (unpaired) electrons. The third-order valence-corrected chi connectivity index (χ3v) is 4.13. The van der Waals surface area contributed by atoms with Gasteiger partial charge in [-0.1, -0.05) is 12.1 Å². The first-order valence-corrected chi connectivity index (χ1v) is 8.02. The lowest BCUT2D eigenvalue weighted by Crippen LogP contribution is -2.03. The van der Waals surface area contributed by atoms with Crippen molar-refractivity contribution in [2.24, 2.45) is 0 Å². The van der Waals surface area contributed by atoms with Crippen LogP contribution < -0.4 is 18.9 Å². The van der Waals surface area contributed by atoms with Crippen molar-refractivity contribution in [2.45, 2.75) is 0 Å². The number of rotatable bonds is 8. The highest BCUT2D eigenvalue weighted by Gasteiger charge is 2.18. The van der Waals surface area contributed by atoms with Crippen LogP contribution in [0.15, 0.2) is 36.4 Å². The molecule has 0 aromatic heterocycles. The molecular formula is C20H24O6. The fraction of sp³-hybridized carbons (Fsp3) is 0.300. The summed E-state index contributed by atoms with van der Waals surface area (Å²) in [6, 6.07) is 10.7. The van der Waals surface area contributed by atoms with Gasteiger partial charge >= 0.3 is 0 Å². The minimum atomic E-state index is -0.263. The lowest BCUT2D eigenvalue weighted by Gasteiger charge is -2.17. The Balaban J connectivity index is 2.64. The van der Waals surface area contributed by atoms with Crippen LogP contribution in [0.2, 0.25) is 0 Å². The van der Waals surface area contributed by atoms with Gasteiger partial charge in [0, 0.05) is 0 Å². The fourth-order valence-electron chi connectivity index (χ4n) is 2.77. The van der Waals surface area contributed by atoms with E-state index in [2.05, 4.69) is 0 Å². The third kappa shape index (κ3) is 3.92. The van der Waals surface area contributed by atoms with Crippen molar-refractivity contribution in [1.29, 1.82) is 0 Å². The Morgan fingerprint density at radius 3 is 1.58 bits per heavy atom. The summed E-state index contributed by atoms with van der Waals surface area (Å²) in [5.74, 6) is 2.12. The Morgan fingerprint density at radius 2 is 1.19 bits per heavy atom. The second kappa shape index (κ2) is 9.12. The molecule has 0 spiro atoms. The van der Waals surface area contributed by atoms with Crippen molar-refractivity contribution in [2.75, 3.05) is 41.7 Å². The number of aliphatic hydroxyl groups excluding tert-OH is 2. The molecule has 0 bridgehead atoms. The maximum atomic E-state index is 9.99. The van der Waals surface area contributed by atoms with Crippen LogP contribution >= 0.6 is 0 Å². The van der Waals surface area contributed by atoms with Gasteiger partial charge in [-0.2, -0.15) is 0 Å². The van der Waals surface area contributed by atoms with Crippen LogP contribution in [0.4, 0.5) is 0 Å². The summed E-state index contributed by atoms with van der Waals surface area (Å²) in [7, 11) is 6.17. The number of aliphatic hydroxyl groups is 2. The van der Waals surface area contributed by atoms with E-state index in [0.717, 1.165) is 5.56 Å². The number of benzene rings is 2. The highest BCUT2D eigenvalue weighted by Crippen LogP contribution is 2.41. The lowest BCUT2D eigenvalue weighted by molar-refractivity contribution is 0.323. The van der Waals surface area contributed by atoms with E-state index < -0.39 is 0 Å². The third-order valence-electron chi connectivity index (χ3n) is 4.13. The van der Waals surface area contributed by atoms with Gasteiger partial charge in [0.05, 0.1) is 41.7 Å². The predicted molar refractivity (Wildman–Crippen MR) is 100 cm³/mol. The molecule has 0 aliphatic rings. The van der Waals surface area contributed by atoms with E-state index >= 15 is 0 Å². The van der Waals surface area contributed by atoms with Gasteiger partial charge in [-0.3, -0.25) is 0 Å². The molecule has 0 amide bonds. The Bertz CT molecular complexity index is 739. The molecule has 0 heterocycles. The van der Waals surface area contributed by atoms with E-state index in [0.29, 0.717) is 39.7 Å². The SMILES string of the molecule is COc1ccc(/C(CO)=C(\CO)c2cc(OC)c(OC)c(OC)c2)cc1. The van der Waals surface area contributed by atoms with Gasteiger partial charge in [-0.15, -0.1) is 0 Å². The molecule has 26 heavy (non-hydrogen) atoms. The minimum absolute atomic E-state index is 0.237. The van der Waals surface area contributed by atoms with Crippen molar-refractivity contribution < 1.29 is 29.2 Å². The van der Waals surface area contributed by atoms with Crippen molar-refractivity contribution in [1.82, 2.24) is 0 Å². The van der Waals surface area contributed by atoms with Crippen LogP contribution in [0.1, 0.15) is 11.1 Å². The van der Waals surface area contributed by atoms with Crippen molar-refractivity contribution in [3.8, 4) is 23.0 Å². The maximum absolute atomic E-state index is 9.99. The van der Waals surface area contributed by atoms with Gasteiger partial charge in [0.2, 0.25) is 5.75 Å². The molecule has 0 aliphatic carbocycles. The molecule has 2 N–H and O–H groups in total. The summed E-state index contributed by atoms with van der Waals surface area (Å²) in [5, 5.41) is 19.9. The molecule has 2 aromatic rings. The molecule has 0 saturated carbocycles. The molecular weight excluding hydrogens is 336 g/mol. The van der Waals surface area contributed by atoms with Gasteiger partial charge in [0.1, 0.15) is 5.75 Å². The molecule has 6 nitrogen and oxygen atoms in total. The smallest absolute Gasteiger partial charge is 0.203 e. The standard InChI is InChI=1S/C20H24O6/c1-23-15-7-5-13(6-8-15)16(11-21)17(12-22)14-9-18(24-2)20(26-4)19(10-14)25-3/h5-10,21-22H,11-12H2,1-4H3/b17-16+. The van der Waals surface area contributed by atoms with Gasteiger partial charge in [-0.05, 0) is 46.5 Å². The van der Waals surface area contributed by atoms with E-state index in [1.54, 1.807) is 31.4 Å². The van der Waals surface area contributed by atoms with Crippen molar-refractivity contribution >= 4 is 11.1 Å². The number of ether oxygens (including phenoxy) is 4. The molecule has 2 rings (SSSR count). The zero-order chi connectivity index (χ0) is 19.1. The largest absolute Gasteiger partial charge is 0.497 e. The Labute approximate surface area is 153 Å². The van der Waals surface area contributed by atoms with Crippen LogP contribution in [-0.4, -0.2) is 51.9 Å². The average Bonchev–Trinajstić information content (AvgIpc) is 2.70. The second-order valence-electron chi connectivity index (χ2n) is 5.42. The van der Waals surface area contributed by atoms with Crippen LogP contribution in [0.5, 0.6) is 23.0 Å². The summed E-state index contributed by atoms with van der Waals surface area (Å²) in [6.45, 7) is -0.501. The molecule has 2 aromatic carbocycles. The van der Waals surface area contributed by atoms with Gasteiger partial charge in [0.25, 0.3) is 0 Å². The highest BCUT2D eigenvalue weighted by molar-refractivity contribution is 5.92. The van der Waals surface area contributed by atoms with E-state index in [1.165, 1.54) is 21.3 Å². The molecule has 0 fully saturated rings. The Hall–Kier alpha value is -2.70. The van der Waals surface area contributed by atoms with Crippen molar-refractivity contribution in [3.63, 3.8) is 0 Å². The topological polar surface area (TPSA) is 77.4 Å². The lowest BCUT2D eigenvalue weighted by atomic mass is 9.95. The molecule has 140 valence electrons. The average molecular weight is 360 g/mol. The molecule has 0 aliphatic heterocycles. The predicted octanol–water partition coefficient (Wildman–Crippen LogP) is 2.62. The zero-order valence-electron chi connectivity index (χ0n) is 15.4. The Kier molecular flexibility index (Phi) is 6.89. The molecule has 0 unspecified atom stereocenters. The first kappa shape index (κ1) is 19.6. The first-order valence-electron chi connectivity index (χ1n) is 8.02. The summed E-state index contributed by atoms with van der Waals surface area (Å²) < 4.78 is 21.2. The van der Waals surface area contributed by atoms with Gasteiger partial charge < -0.3 is 29.2 Å². The summed E-state index contributed by atoms with van der Waals surface area (Å²) in [5.41, 5.74) is 2.62. The van der Waals surface area contributed by atoms with Gasteiger partial charge in [0.15, 0.2) is 11.5 Å². The van der Waals surface area contributed by atoms with Crippen molar-refractivity contribution in [3.05, 3.63) is 47.5 Å². The van der Waals surface area contributed by atoms with E-state index in [1.807, 2.05) is 12.1 Å². The fourth-order valence-corrected chi connectivity index (χ4v) is 2.77. The summed E-state index contributed by atoms with van der Waals surface area (Å²) in [6.07, 6.45) is 0. The molecule has 6 heteroatoms. The normalized spacial score (nSPS) is 11.6. The number of hydrogen-bond donors (Lipinski definition) is 2. The molecule has 0 saturated heterocycles. The number of methoxy groups -OCH3 is 4. The van der Waals surface area contributed by atoms with E-state index in [-0.39, 0.29) is 13.2 Å². The van der Waals surface area contributed by atoms with Crippen LogP contribution in [0, 0.1) is 0 Å². The van der Waals surface area contributed by atoms with Crippen LogP contribution in [0.3, 0.4) is 0 Å². The summed E-state index contributed by atoms with van der Waals surface area (Å²) in [4.78, 5) is 0. The summed E-state index contributed by atoms with van der Waals surface area (Å²) >= 11 is 0. The van der Waals surface area contributed by atoms with E-state index in [9.17, 15) is 10.2 Å². The highest BCUT2D eigenvalue weighted by atomic mass is 16.5. The first-order chi connectivity index (χ1) is 12.6. The monoisotopic (exact) mass is 360 g/mol.